The van der Waals surface area contributed by atoms with Crippen LogP contribution in [-0.2, 0) is 0 Å². The standard InChI is InChI=1S/C15H15NO/c1-2-8-14(9-3-1)17-15-10-12-6-4-5-7-13(12)11-16-15/h1-4,6,8-10,13H,5,7,11H2/t13-/m0/s1. The van der Waals surface area contributed by atoms with Gasteiger partial charge in [-0.2, -0.15) is 0 Å². The fraction of sp³-hybridized carbons (Fsp3) is 0.267. The molecule has 86 valence electrons. The topological polar surface area (TPSA) is 21.6 Å². The van der Waals surface area contributed by atoms with Crippen LogP contribution in [0.2, 0.25) is 0 Å². The molecule has 0 bridgehead atoms. The third kappa shape index (κ3) is 2.31. The van der Waals surface area contributed by atoms with Crippen LogP contribution < -0.4 is 4.74 Å². The van der Waals surface area contributed by atoms with Gasteiger partial charge in [-0.3, -0.25) is 4.99 Å². The number of nitrogens with zero attached hydrogens (tertiary/aromatic N) is 1. The first-order valence-corrected chi connectivity index (χ1v) is 6.07. The largest absolute Gasteiger partial charge is 0.439 e. The molecule has 0 amide bonds. The van der Waals surface area contributed by atoms with E-state index in [1.54, 1.807) is 0 Å². The summed E-state index contributed by atoms with van der Waals surface area (Å²) < 4.78 is 5.74. The maximum Gasteiger partial charge on any atom is 0.214 e. The van der Waals surface area contributed by atoms with Crippen molar-refractivity contribution in [3.8, 4) is 5.75 Å². The number of fused-ring (bicyclic) bond motifs is 1. The zero-order valence-corrected chi connectivity index (χ0v) is 9.67. The van der Waals surface area contributed by atoms with Crippen molar-refractivity contribution >= 4 is 5.90 Å². The molecule has 0 saturated carbocycles. The molecule has 0 fully saturated rings. The van der Waals surface area contributed by atoms with Crippen molar-refractivity contribution in [2.75, 3.05) is 6.54 Å². The summed E-state index contributed by atoms with van der Waals surface area (Å²) in [6, 6.07) is 9.81. The van der Waals surface area contributed by atoms with Gasteiger partial charge in [0.1, 0.15) is 5.75 Å². The Hall–Kier alpha value is -1.83. The Morgan fingerprint density at radius 1 is 1.18 bits per heavy atom. The van der Waals surface area contributed by atoms with E-state index in [0.29, 0.717) is 5.92 Å². The maximum absolute atomic E-state index is 5.74. The first-order valence-electron chi connectivity index (χ1n) is 6.07. The predicted molar refractivity (Wildman–Crippen MR) is 69.3 cm³/mol. The highest BCUT2D eigenvalue weighted by Crippen LogP contribution is 2.27. The van der Waals surface area contributed by atoms with Crippen molar-refractivity contribution in [1.29, 1.82) is 0 Å². The maximum atomic E-state index is 5.74. The molecule has 2 aliphatic rings. The van der Waals surface area contributed by atoms with Gasteiger partial charge in [-0.25, -0.2) is 0 Å². The van der Waals surface area contributed by atoms with Crippen LogP contribution in [-0.4, -0.2) is 12.4 Å². The SMILES string of the molecule is C1=CC2=CC(Oc3ccccc3)=NC[C@@H]2CC1. The molecule has 1 aliphatic carbocycles. The smallest absolute Gasteiger partial charge is 0.214 e. The van der Waals surface area contributed by atoms with Crippen LogP contribution in [0.15, 0.2) is 59.1 Å². The number of hydrogen-bond acceptors (Lipinski definition) is 2. The fourth-order valence-electron chi connectivity index (χ4n) is 2.24. The van der Waals surface area contributed by atoms with E-state index in [2.05, 4.69) is 23.2 Å². The van der Waals surface area contributed by atoms with Crippen LogP contribution in [0.4, 0.5) is 0 Å². The summed E-state index contributed by atoms with van der Waals surface area (Å²) >= 11 is 0. The minimum absolute atomic E-state index is 0.600. The van der Waals surface area contributed by atoms with Gasteiger partial charge < -0.3 is 4.74 Å². The normalized spacial score (nSPS) is 22.5. The molecular weight excluding hydrogens is 210 g/mol. The molecular formula is C15H15NO. The summed E-state index contributed by atoms with van der Waals surface area (Å²) in [5, 5.41) is 0. The summed E-state index contributed by atoms with van der Waals surface area (Å²) in [4.78, 5) is 4.49. The van der Waals surface area contributed by atoms with E-state index >= 15 is 0 Å². The second kappa shape index (κ2) is 4.58. The molecule has 0 unspecified atom stereocenters. The zero-order chi connectivity index (χ0) is 11.5. The van der Waals surface area contributed by atoms with Crippen molar-refractivity contribution < 1.29 is 4.74 Å². The van der Waals surface area contributed by atoms with Gasteiger partial charge in [0, 0.05) is 18.5 Å². The van der Waals surface area contributed by atoms with E-state index in [1.807, 2.05) is 30.3 Å². The van der Waals surface area contributed by atoms with Gasteiger partial charge in [0.05, 0.1) is 0 Å². The lowest BCUT2D eigenvalue weighted by Gasteiger charge is -2.23. The Morgan fingerprint density at radius 3 is 2.94 bits per heavy atom. The number of para-hydroxylation sites is 1. The van der Waals surface area contributed by atoms with Crippen LogP contribution >= 0.6 is 0 Å². The average molecular weight is 225 g/mol. The predicted octanol–water partition coefficient (Wildman–Crippen LogP) is 3.37. The van der Waals surface area contributed by atoms with E-state index in [4.69, 9.17) is 4.74 Å². The molecule has 1 atom stereocenters. The highest BCUT2D eigenvalue weighted by molar-refractivity contribution is 5.91. The van der Waals surface area contributed by atoms with Crippen LogP contribution in [0.3, 0.4) is 0 Å². The van der Waals surface area contributed by atoms with E-state index < -0.39 is 0 Å². The Kier molecular flexibility index (Phi) is 2.78. The number of hydrogen-bond donors (Lipinski definition) is 0. The molecule has 0 aromatic heterocycles. The van der Waals surface area contributed by atoms with E-state index in [0.717, 1.165) is 18.2 Å². The molecule has 1 aromatic carbocycles. The Morgan fingerprint density at radius 2 is 2.06 bits per heavy atom. The van der Waals surface area contributed by atoms with Gasteiger partial charge >= 0.3 is 0 Å². The second-order valence-electron chi connectivity index (χ2n) is 4.42. The van der Waals surface area contributed by atoms with E-state index in [1.165, 1.54) is 18.4 Å². The molecule has 0 saturated heterocycles. The van der Waals surface area contributed by atoms with E-state index in [-0.39, 0.29) is 0 Å². The fourth-order valence-corrected chi connectivity index (χ4v) is 2.24. The van der Waals surface area contributed by atoms with Gasteiger partial charge in [0.15, 0.2) is 0 Å². The molecule has 17 heavy (non-hydrogen) atoms. The Balaban J connectivity index is 1.77. The summed E-state index contributed by atoms with van der Waals surface area (Å²) in [5.74, 6) is 2.18. The van der Waals surface area contributed by atoms with Crippen molar-refractivity contribution in [2.24, 2.45) is 10.9 Å². The lowest BCUT2D eigenvalue weighted by molar-refractivity contribution is 0.517. The number of aliphatic imine (C=N–C) groups is 1. The van der Waals surface area contributed by atoms with Crippen LogP contribution in [0.5, 0.6) is 5.75 Å². The number of ether oxygens (including phenoxy) is 1. The van der Waals surface area contributed by atoms with Gasteiger partial charge in [-0.05, 0) is 30.5 Å². The summed E-state index contributed by atoms with van der Waals surface area (Å²) in [6.07, 6.45) is 8.89. The first kappa shape index (κ1) is 10.3. The molecule has 0 N–H and O–H groups in total. The molecule has 2 heteroatoms. The molecule has 1 aliphatic heterocycles. The van der Waals surface area contributed by atoms with Crippen LogP contribution in [0.25, 0.3) is 0 Å². The highest BCUT2D eigenvalue weighted by atomic mass is 16.5. The van der Waals surface area contributed by atoms with Crippen molar-refractivity contribution in [3.05, 3.63) is 54.1 Å². The molecule has 2 nitrogen and oxygen atoms in total. The third-order valence-electron chi connectivity index (χ3n) is 3.19. The van der Waals surface area contributed by atoms with Gasteiger partial charge in [0.2, 0.25) is 5.90 Å². The second-order valence-corrected chi connectivity index (χ2v) is 4.42. The lowest BCUT2D eigenvalue weighted by Crippen LogP contribution is -2.20. The van der Waals surface area contributed by atoms with Gasteiger partial charge in [0.25, 0.3) is 0 Å². The average Bonchev–Trinajstić information content (AvgIpc) is 2.40. The molecule has 1 aromatic rings. The zero-order valence-electron chi connectivity index (χ0n) is 9.67. The van der Waals surface area contributed by atoms with Crippen LogP contribution in [0, 0.1) is 5.92 Å². The quantitative estimate of drug-likeness (QED) is 0.718. The molecule has 3 rings (SSSR count). The van der Waals surface area contributed by atoms with Crippen LogP contribution in [0.1, 0.15) is 12.8 Å². The van der Waals surface area contributed by atoms with Gasteiger partial charge in [-0.1, -0.05) is 30.4 Å². The van der Waals surface area contributed by atoms with E-state index in [9.17, 15) is 0 Å². The van der Waals surface area contributed by atoms with Crippen molar-refractivity contribution in [2.45, 2.75) is 12.8 Å². The monoisotopic (exact) mass is 225 g/mol. The summed E-state index contributed by atoms with van der Waals surface area (Å²) in [7, 11) is 0. The molecule has 0 spiro atoms. The minimum Gasteiger partial charge on any atom is -0.439 e. The van der Waals surface area contributed by atoms with Crippen molar-refractivity contribution in [1.82, 2.24) is 0 Å². The summed E-state index contributed by atoms with van der Waals surface area (Å²) in [6.45, 7) is 0.859. The van der Waals surface area contributed by atoms with Gasteiger partial charge in [-0.15, -0.1) is 0 Å². The Labute approximate surface area is 101 Å². The minimum atomic E-state index is 0.600. The first-order chi connectivity index (χ1) is 8.42. The highest BCUT2D eigenvalue weighted by Gasteiger charge is 2.19. The number of rotatable bonds is 1. The Bertz CT molecular complexity index is 485. The lowest BCUT2D eigenvalue weighted by atomic mass is 9.88. The summed E-state index contributed by atoms with van der Waals surface area (Å²) in [5.41, 5.74) is 1.36. The molecule has 1 heterocycles. The van der Waals surface area contributed by atoms with Crippen molar-refractivity contribution in [3.63, 3.8) is 0 Å². The number of allylic oxidation sites excluding steroid dienone is 2. The third-order valence-corrected chi connectivity index (χ3v) is 3.19. The molecule has 0 radical (unpaired) electrons. The number of benzene rings is 1. The number of dihydropyridines is 1.